The lowest BCUT2D eigenvalue weighted by Crippen LogP contribution is -2.44. The van der Waals surface area contributed by atoms with Gasteiger partial charge in [-0.3, -0.25) is 4.79 Å². The van der Waals surface area contributed by atoms with Gasteiger partial charge in [-0.15, -0.1) is 11.3 Å². The third-order valence-corrected chi connectivity index (χ3v) is 5.19. The summed E-state index contributed by atoms with van der Waals surface area (Å²) >= 11 is 1.79. The normalized spacial score (nSPS) is 19.1. The van der Waals surface area contributed by atoms with Crippen LogP contribution < -0.4 is 5.73 Å². The van der Waals surface area contributed by atoms with E-state index in [1.165, 1.54) is 10.4 Å². The highest BCUT2D eigenvalue weighted by Gasteiger charge is 2.33. The molecular formula is C17H20N2OS. The van der Waals surface area contributed by atoms with E-state index < -0.39 is 6.04 Å². The molecule has 2 heterocycles. The number of nitrogens with two attached hydrogens (primary N) is 1. The largest absolute Gasteiger partial charge is 0.334 e. The standard InChI is InChI=1S/C17H20N2OS/c1-2-14-13-9-11-21-15(13)8-10-19(14)17(20)16(18)12-6-4-3-5-7-12/h3-7,9,11,14,16H,2,8,10,18H2,1H3. The number of rotatable bonds is 3. The predicted molar refractivity (Wildman–Crippen MR) is 86.1 cm³/mol. The maximum atomic E-state index is 12.8. The number of nitrogens with zero attached hydrogens (tertiary/aromatic N) is 1. The summed E-state index contributed by atoms with van der Waals surface area (Å²) in [6.07, 6.45) is 1.87. The first-order chi connectivity index (χ1) is 10.2. The average Bonchev–Trinajstić information content (AvgIpc) is 3.02. The Hall–Kier alpha value is -1.65. The highest BCUT2D eigenvalue weighted by atomic mass is 32.1. The van der Waals surface area contributed by atoms with Crippen molar-refractivity contribution in [3.8, 4) is 0 Å². The molecule has 110 valence electrons. The van der Waals surface area contributed by atoms with Crippen molar-refractivity contribution in [1.82, 2.24) is 4.90 Å². The zero-order valence-electron chi connectivity index (χ0n) is 12.2. The van der Waals surface area contributed by atoms with Gasteiger partial charge in [-0.05, 0) is 35.4 Å². The van der Waals surface area contributed by atoms with E-state index in [2.05, 4.69) is 18.4 Å². The SMILES string of the molecule is CCC1c2ccsc2CCN1C(=O)C(N)c1ccccc1. The van der Waals surface area contributed by atoms with Crippen molar-refractivity contribution in [3.63, 3.8) is 0 Å². The smallest absolute Gasteiger partial charge is 0.244 e. The van der Waals surface area contributed by atoms with Crippen molar-refractivity contribution in [2.45, 2.75) is 31.8 Å². The van der Waals surface area contributed by atoms with Gasteiger partial charge in [0, 0.05) is 11.4 Å². The number of thiophene rings is 1. The molecule has 0 saturated carbocycles. The zero-order valence-corrected chi connectivity index (χ0v) is 13.0. The zero-order chi connectivity index (χ0) is 14.8. The van der Waals surface area contributed by atoms with Gasteiger partial charge >= 0.3 is 0 Å². The molecule has 2 aromatic rings. The summed E-state index contributed by atoms with van der Waals surface area (Å²) in [4.78, 5) is 16.2. The van der Waals surface area contributed by atoms with E-state index in [0.29, 0.717) is 0 Å². The number of carbonyl (C=O) groups excluding carboxylic acids is 1. The van der Waals surface area contributed by atoms with Crippen LogP contribution >= 0.6 is 11.3 Å². The van der Waals surface area contributed by atoms with E-state index in [0.717, 1.165) is 24.9 Å². The molecule has 2 atom stereocenters. The fraction of sp³-hybridized carbons (Fsp3) is 0.353. The van der Waals surface area contributed by atoms with Gasteiger partial charge in [0.1, 0.15) is 6.04 Å². The van der Waals surface area contributed by atoms with Crippen LogP contribution in [0.15, 0.2) is 41.8 Å². The molecule has 0 aliphatic carbocycles. The summed E-state index contributed by atoms with van der Waals surface area (Å²) in [5.74, 6) is 0.0323. The van der Waals surface area contributed by atoms with Crippen LogP contribution in [0.4, 0.5) is 0 Å². The second-order valence-electron chi connectivity index (χ2n) is 5.39. The van der Waals surface area contributed by atoms with Crippen molar-refractivity contribution >= 4 is 17.2 Å². The molecule has 3 rings (SSSR count). The minimum Gasteiger partial charge on any atom is -0.334 e. The molecule has 4 heteroatoms. The summed E-state index contributed by atoms with van der Waals surface area (Å²) in [6.45, 7) is 2.90. The van der Waals surface area contributed by atoms with Crippen LogP contribution in [0.2, 0.25) is 0 Å². The van der Waals surface area contributed by atoms with E-state index in [1.807, 2.05) is 35.2 Å². The lowest BCUT2D eigenvalue weighted by Gasteiger charge is -2.37. The number of hydrogen-bond acceptors (Lipinski definition) is 3. The predicted octanol–water partition coefficient (Wildman–Crippen LogP) is 3.28. The minimum absolute atomic E-state index is 0.0323. The third kappa shape index (κ3) is 2.61. The first-order valence-electron chi connectivity index (χ1n) is 7.39. The van der Waals surface area contributed by atoms with Crippen molar-refractivity contribution in [2.24, 2.45) is 5.73 Å². The van der Waals surface area contributed by atoms with E-state index >= 15 is 0 Å². The van der Waals surface area contributed by atoms with Crippen molar-refractivity contribution in [1.29, 1.82) is 0 Å². The average molecular weight is 300 g/mol. The van der Waals surface area contributed by atoms with E-state index in [9.17, 15) is 4.79 Å². The molecule has 1 aromatic carbocycles. The molecule has 0 saturated heterocycles. The Morgan fingerprint density at radius 3 is 2.86 bits per heavy atom. The number of fused-ring (bicyclic) bond motifs is 1. The van der Waals surface area contributed by atoms with Crippen LogP contribution in [-0.4, -0.2) is 17.4 Å². The molecule has 2 unspecified atom stereocenters. The molecule has 0 fully saturated rings. The lowest BCUT2D eigenvalue weighted by atomic mass is 9.96. The van der Waals surface area contributed by atoms with Crippen molar-refractivity contribution in [2.75, 3.05) is 6.54 Å². The first-order valence-corrected chi connectivity index (χ1v) is 8.27. The van der Waals surface area contributed by atoms with Crippen LogP contribution in [-0.2, 0) is 11.2 Å². The van der Waals surface area contributed by atoms with Crippen molar-refractivity contribution in [3.05, 3.63) is 57.8 Å². The van der Waals surface area contributed by atoms with Crippen LogP contribution in [0.3, 0.4) is 0 Å². The van der Waals surface area contributed by atoms with Crippen LogP contribution in [0.25, 0.3) is 0 Å². The van der Waals surface area contributed by atoms with E-state index in [1.54, 1.807) is 11.3 Å². The quantitative estimate of drug-likeness (QED) is 0.945. The molecule has 1 aliphatic heterocycles. The number of amides is 1. The highest BCUT2D eigenvalue weighted by molar-refractivity contribution is 7.10. The van der Waals surface area contributed by atoms with Gasteiger partial charge in [-0.1, -0.05) is 37.3 Å². The Morgan fingerprint density at radius 2 is 2.14 bits per heavy atom. The minimum atomic E-state index is -0.569. The van der Waals surface area contributed by atoms with Crippen LogP contribution in [0.5, 0.6) is 0 Å². The summed E-state index contributed by atoms with van der Waals surface area (Å²) in [5, 5.41) is 2.12. The molecule has 2 N–H and O–H groups in total. The molecule has 0 spiro atoms. The fourth-order valence-corrected chi connectivity index (χ4v) is 4.01. The third-order valence-electron chi connectivity index (χ3n) is 4.19. The van der Waals surface area contributed by atoms with Crippen LogP contribution in [0, 0.1) is 0 Å². The molecule has 1 aliphatic rings. The second-order valence-corrected chi connectivity index (χ2v) is 6.39. The number of hydrogen-bond donors (Lipinski definition) is 1. The maximum absolute atomic E-state index is 12.8. The molecule has 0 radical (unpaired) electrons. The van der Waals surface area contributed by atoms with Gasteiger partial charge in [0.25, 0.3) is 0 Å². The van der Waals surface area contributed by atoms with E-state index in [4.69, 9.17) is 5.73 Å². The molecule has 3 nitrogen and oxygen atoms in total. The molecule has 1 amide bonds. The summed E-state index contributed by atoms with van der Waals surface area (Å²) in [6, 6.07) is 11.4. The Morgan fingerprint density at radius 1 is 1.38 bits per heavy atom. The first kappa shape index (κ1) is 14.3. The van der Waals surface area contributed by atoms with Gasteiger partial charge in [-0.2, -0.15) is 0 Å². The molecule has 0 bridgehead atoms. The Kier molecular flexibility index (Phi) is 4.08. The van der Waals surface area contributed by atoms with E-state index in [-0.39, 0.29) is 11.9 Å². The van der Waals surface area contributed by atoms with Crippen LogP contribution in [0.1, 0.15) is 41.4 Å². The highest BCUT2D eigenvalue weighted by Crippen LogP contribution is 2.36. The number of benzene rings is 1. The fourth-order valence-electron chi connectivity index (χ4n) is 3.08. The maximum Gasteiger partial charge on any atom is 0.244 e. The monoisotopic (exact) mass is 300 g/mol. The molecule has 1 aromatic heterocycles. The molecular weight excluding hydrogens is 280 g/mol. The van der Waals surface area contributed by atoms with Gasteiger partial charge in [-0.25, -0.2) is 0 Å². The second kappa shape index (κ2) is 6.00. The number of carbonyl (C=O) groups is 1. The Balaban J connectivity index is 1.85. The summed E-state index contributed by atoms with van der Waals surface area (Å²) in [7, 11) is 0. The van der Waals surface area contributed by atoms with Crippen molar-refractivity contribution < 1.29 is 4.79 Å². The summed E-state index contributed by atoms with van der Waals surface area (Å²) < 4.78 is 0. The topological polar surface area (TPSA) is 46.3 Å². The van der Waals surface area contributed by atoms with Gasteiger partial charge < -0.3 is 10.6 Å². The van der Waals surface area contributed by atoms with Gasteiger partial charge in [0.15, 0.2) is 0 Å². The van der Waals surface area contributed by atoms with Gasteiger partial charge in [0.2, 0.25) is 5.91 Å². The molecule has 21 heavy (non-hydrogen) atoms. The lowest BCUT2D eigenvalue weighted by molar-refractivity contribution is -0.135. The summed E-state index contributed by atoms with van der Waals surface area (Å²) in [5.41, 5.74) is 8.38. The Labute approximate surface area is 129 Å². The van der Waals surface area contributed by atoms with Gasteiger partial charge in [0.05, 0.1) is 6.04 Å². The Bertz CT molecular complexity index is 623.